The van der Waals surface area contributed by atoms with E-state index in [0.717, 1.165) is 6.42 Å². The number of amides is 1. The van der Waals surface area contributed by atoms with Crippen molar-refractivity contribution < 1.29 is 14.3 Å². The summed E-state index contributed by atoms with van der Waals surface area (Å²) < 4.78 is 13.7. The molecule has 1 aromatic rings. The van der Waals surface area contributed by atoms with Crippen molar-refractivity contribution in [2.75, 3.05) is 13.2 Å². The lowest BCUT2D eigenvalue weighted by Gasteiger charge is -2.24. The molecule has 0 saturated heterocycles. The normalized spacial score (nSPS) is 11.4. The van der Waals surface area contributed by atoms with Crippen LogP contribution in [-0.2, 0) is 0 Å². The third-order valence-electron chi connectivity index (χ3n) is 2.86. The van der Waals surface area contributed by atoms with E-state index in [1.54, 1.807) is 6.07 Å². The fraction of sp³-hybridized carbons (Fsp3) is 0.500. The summed E-state index contributed by atoms with van der Waals surface area (Å²) in [6, 6.07) is 4.10. The fourth-order valence-electron chi connectivity index (χ4n) is 1.75. The van der Waals surface area contributed by atoms with E-state index >= 15 is 0 Å². The van der Waals surface area contributed by atoms with Crippen molar-refractivity contribution in [3.05, 3.63) is 34.1 Å². The predicted molar refractivity (Wildman–Crippen MR) is 76.5 cm³/mol. The van der Waals surface area contributed by atoms with Crippen molar-refractivity contribution in [2.45, 2.75) is 26.7 Å². The monoisotopic (exact) mass is 331 g/mol. The average molecular weight is 332 g/mol. The van der Waals surface area contributed by atoms with Crippen LogP contribution in [0.4, 0.5) is 4.39 Å². The molecule has 0 radical (unpaired) electrons. The van der Waals surface area contributed by atoms with Gasteiger partial charge in [0.05, 0.1) is 0 Å². The van der Waals surface area contributed by atoms with Crippen LogP contribution in [0.15, 0.2) is 22.7 Å². The molecule has 5 heteroatoms. The Morgan fingerprint density at radius 1 is 1.42 bits per heavy atom. The minimum atomic E-state index is -0.445. The van der Waals surface area contributed by atoms with Gasteiger partial charge in [-0.25, -0.2) is 4.39 Å². The topological polar surface area (TPSA) is 49.3 Å². The van der Waals surface area contributed by atoms with Gasteiger partial charge in [-0.3, -0.25) is 4.79 Å². The highest BCUT2D eigenvalue weighted by Gasteiger charge is 2.19. The molecule has 2 N–H and O–H groups in total. The molecule has 0 aliphatic heterocycles. The molecule has 0 fully saturated rings. The Morgan fingerprint density at radius 3 is 2.68 bits per heavy atom. The van der Waals surface area contributed by atoms with Crippen LogP contribution in [-0.4, -0.2) is 24.2 Å². The molecule has 0 aromatic heterocycles. The average Bonchev–Trinajstić information content (AvgIpc) is 2.32. The van der Waals surface area contributed by atoms with Gasteiger partial charge in [0.1, 0.15) is 5.82 Å². The van der Waals surface area contributed by atoms with Crippen LogP contribution in [0.2, 0.25) is 0 Å². The number of carbonyl (C=O) groups excluding carboxylic acids is 1. The molecule has 0 aliphatic carbocycles. The van der Waals surface area contributed by atoms with Crippen LogP contribution in [0, 0.1) is 11.2 Å². The number of hydrogen-bond acceptors (Lipinski definition) is 2. The quantitative estimate of drug-likeness (QED) is 0.841. The Labute approximate surface area is 121 Å². The zero-order valence-electron chi connectivity index (χ0n) is 11.2. The lowest BCUT2D eigenvalue weighted by Crippen LogP contribution is -2.34. The number of halogens is 2. The molecule has 1 rings (SSSR count). The van der Waals surface area contributed by atoms with Crippen LogP contribution in [0.25, 0.3) is 0 Å². The molecule has 1 amide bonds. The van der Waals surface area contributed by atoms with Gasteiger partial charge in [0.2, 0.25) is 0 Å². The highest BCUT2D eigenvalue weighted by molar-refractivity contribution is 9.10. The molecule has 0 bridgehead atoms. The molecule has 19 heavy (non-hydrogen) atoms. The molecule has 0 saturated carbocycles. The molecule has 1 aromatic carbocycles. The van der Waals surface area contributed by atoms with E-state index in [4.69, 9.17) is 5.11 Å². The number of carbonyl (C=O) groups is 1. The summed E-state index contributed by atoms with van der Waals surface area (Å²) in [6.45, 7) is 4.67. The summed E-state index contributed by atoms with van der Waals surface area (Å²) in [5.74, 6) is -0.740. The third kappa shape index (κ3) is 5.70. The SMILES string of the molecule is CC(C)(CCCO)CNC(=O)c1cc(F)cc(Br)c1. The van der Waals surface area contributed by atoms with Crippen molar-refractivity contribution in [3.63, 3.8) is 0 Å². The zero-order chi connectivity index (χ0) is 14.5. The standard InChI is InChI=1S/C14H19BrFNO2/c1-14(2,4-3-5-18)9-17-13(19)10-6-11(15)8-12(16)7-10/h6-8,18H,3-5,9H2,1-2H3,(H,17,19). The summed E-state index contributed by atoms with van der Waals surface area (Å²) in [7, 11) is 0. The van der Waals surface area contributed by atoms with Gasteiger partial charge in [0.15, 0.2) is 0 Å². The predicted octanol–water partition coefficient (Wildman–Crippen LogP) is 3.12. The minimum Gasteiger partial charge on any atom is -0.396 e. The van der Waals surface area contributed by atoms with E-state index in [1.807, 2.05) is 13.8 Å². The van der Waals surface area contributed by atoms with Gasteiger partial charge in [-0.2, -0.15) is 0 Å². The maximum atomic E-state index is 13.2. The van der Waals surface area contributed by atoms with Crippen molar-refractivity contribution in [3.8, 4) is 0 Å². The van der Waals surface area contributed by atoms with Gasteiger partial charge in [-0.1, -0.05) is 29.8 Å². The Kier molecular flexibility index (Phi) is 5.94. The first kappa shape index (κ1) is 16.1. The van der Waals surface area contributed by atoms with Gasteiger partial charge in [0, 0.05) is 23.2 Å². The fourth-order valence-corrected chi connectivity index (χ4v) is 2.22. The van der Waals surface area contributed by atoms with Crippen molar-refractivity contribution in [2.24, 2.45) is 5.41 Å². The van der Waals surface area contributed by atoms with Crippen LogP contribution in [0.5, 0.6) is 0 Å². The van der Waals surface area contributed by atoms with Crippen molar-refractivity contribution in [1.29, 1.82) is 0 Å². The van der Waals surface area contributed by atoms with Gasteiger partial charge in [-0.05, 0) is 36.5 Å². The summed E-state index contributed by atoms with van der Waals surface area (Å²) in [6.07, 6.45) is 1.52. The number of nitrogens with one attached hydrogen (secondary N) is 1. The number of aliphatic hydroxyl groups excluding tert-OH is 1. The summed E-state index contributed by atoms with van der Waals surface area (Å²) in [5.41, 5.74) is 0.202. The zero-order valence-corrected chi connectivity index (χ0v) is 12.8. The number of hydrogen-bond donors (Lipinski definition) is 2. The lowest BCUT2D eigenvalue weighted by molar-refractivity contribution is 0.0932. The maximum absolute atomic E-state index is 13.2. The van der Waals surface area contributed by atoms with Gasteiger partial charge in [0.25, 0.3) is 5.91 Å². The molecule has 0 heterocycles. The number of benzene rings is 1. The highest BCUT2D eigenvalue weighted by Crippen LogP contribution is 2.21. The summed E-state index contributed by atoms with van der Waals surface area (Å²) in [5, 5.41) is 11.6. The molecular formula is C14H19BrFNO2. The first-order valence-electron chi connectivity index (χ1n) is 6.19. The molecule has 3 nitrogen and oxygen atoms in total. The maximum Gasteiger partial charge on any atom is 0.251 e. The van der Waals surface area contributed by atoms with Crippen LogP contribution in [0.1, 0.15) is 37.0 Å². The number of rotatable bonds is 6. The Balaban J connectivity index is 2.60. The molecule has 0 spiro atoms. The van der Waals surface area contributed by atoms with E-state index in [2.05, 4.69) is 21.2 Å². The molecule has 0 aliphatic rings. The number of aliphatic hydroxyl groups is 1. The van der Waals surface area contributed by atoms with E-state index in [0.29, 0.717) is 23.0 Å². The summed E-state index contributed by atoms with van der Waals surface area (Å²) >= 11 is 3.16. The van der Waals surface area contributed by atoms with Crippen LogP contribution >= 0.6 is 15.9 Å². The molecule has 0 atom stereocenters. The van der Waals surface area contributed by atoms with E-state index in [-0.39, 0.29) is 17.9 Å². The van der Waals surface area contributed by atoms with Crippen molar-refractivity contribution >= 4 is 21.8 Å². The van der Waals surface area contributed by atoms with Crippen molar-refractivity contribution in [1.82, 2.24) is 5.32 Å². The van der Waals surface area contributed by atoms with Crippen LogP contribution in [0.3, 0.4) is 0 Å². The lowest BCUT2D eigenvalue weighted by atomic mass is 9.88. The second kappa shape index (κ2) is 7.01. The second-order valence-electron chi connectivity index (χ2n) is 5.33. The highest BCUT2D eigenvalue weighted by atomic mass is 79.9. The summed E-state index contributed by atoms with van der Waals surface area (Å²) in [4.78, 5) is 11.9. The molecular weight excluding hydrogens is 313 g/mol. The first-order chi connectivity index (χ1) is 8.84. The smallest absolute Gasteiger partial charge is 0.251 e. The first-order valence-corrected chi connectivity index (χ1v) is 6.98. The largest absolute Gasteiger partial charge is 0.396 e. The van der Waals surface area contributed by atoms with Gasteiger partial charge in [-0.15, -0.1) is 0 Å². The Morgan fingerprint density at radius 2 is 2.11 bits per heavy atom. The van der Waals surface area contributed by atoms with Gasteiger partial charge < -0.3 is 10.4 Å². The van der Waals surface area contributed by atoms with E-state index < -0.39 is 5.82 Å². The second-order valence-corrected chi connectivity index (χ2v) is 6.25. The van der Waals surface area contributed by atoms with Gasteiger partial charge >= 0.3 is 0 Å². The van der Waals surface area contributed by atoms with E-state index in [9.17, 15) is 9.18 Å². The minimum absolute atomic E-state index is 0.0943. The molecule has 106 valence electrons. The third-order valence-corrected chi connectivity index (χ3v) is 3.32. The van der Waals surface area contributed by atoms with E-state index in [1.165, 1.54) is 12.1 Å². The van der Waals surface area contributed by atoms with Crippen LogP contribution < -0.4 is 5.32 Å². The Bertz CT molecular complexity index is 429. The molecule has 0 unspecified atom stereocenters. The Hall–Kier alpha value is -0.940.